The van der Waals surface area contributed by atoms with E-state index in [-0.39, 0.29) is 12.0 Å². The number of morpholine rings is 1. The van der Waals surface area contributed by atoms with Crippen LogP contribution in [-0.4, -0.2) is 42.5 Å². The fourth-order valence-corrected chi connectivity index (χ4v) is 2.81. The number of carbonyl (C=O) groups excluding carboxylic acids is 1. The lowest BCUT2D eigenvalue weighted by Crippen LogP contribution is -2.46. The monoisotopic (exact) mass is 331 g/mol. The second-order valence-corrected chi connectivity index (χ2v) is 5.54. The average Bonchev–Trinajstić information content (AvgIpc) is 2.38. The highest BCUT2D eigenvalue weighted by Gasteiger charge is 2.25. The third kappa shape index (κ3) is 3.05. The number of hydrogen-bond donors (Lipinski definition) is 0. The highest BCUT2D eigenvalue weighted by Crippen LogP contribution is 2.21. The maximum Gasteiger partial charge on any atom is 0.255 e. The first-order chi connectivity index (χ1) is 8.61. The van der Waals surface area contributed by atoms with Gasteiger partial charge in [-0.05, 0) is 40.5 Å². The van der Waals surface area contributed by atoms with E-state index in [9.17, 15) is 4.79 Å². The van der Waals surface area contributed by atoms with Crippen LogP contribution in [0.3, 0.4) is 0 Å². The molecule has 1 aromatic rings. The molecule has 0 N–H and O–H groups in total. The normalized spacial score (nSPS) is 19.9. The van der Waals surface area contributed by atoms with Crippen molar-refractivity contribution in [1.82, 2.24) is 4.90 Å². The minimum atomic E-state index is -0.0615. The lowest BCUT2D eigenvalue weighted by molar-refractivity contribution is -0.0108. The fourth-order valence-electron chi connectivity index (χ4n) is 1.96. The number of hydrogen-bond acceptors (Lipinski definition) is 2. The zero-order valence-corrected chi connectivity index (χ0v) is 12.5. The summed E-state index contributed by atoms with van der Waals surface area (Å²) in [7, 11) is 0. The molecule has 1 amide bonds. The van der Waals surface area contributed by atoms with Crippen LogP contribution in [0, 0.1) is 6.92 Å². The Balaban J connectivity index is 2.15. The van der Waals surface area contributed by atoms with Crippen LogP contribution in [0.4, 0.5) is 0 Å². The van der Waals surface area contributed by atoms with Crippen molar-refractivity contribution < 1.29 is 9.53 Å². The minimum absolute atomic E-state index is 0.0280. The minimum Gasteiger partial charge on any atom is -0.373 e. The lowest BCUT2D eigenvalue weighted by Gasteiger charge is -2.32. The van der Waals surface area contributed by atoms with Gasteiger partial charge in [-0.2, -0.15) is 0 Å². The van der Waals surface area contributed by atoms with Crippen molar-refractivity contribution >= 4 is 33.4 Å². The smallest absolute Gasteiger partial charge is 0.255 e. The molecule has 1 fully saturated rings. The summed E-state index contributed by atoms with van der Waals surface area (Å²) in [6.07, 6.45) is -0.0615. The fraction of sp³-hybridized carbons (Fsp3) is 0.462. The maximum atomic E-state index is 12.4. The standard InChI is InChI=1S/C13H15BrClNO2/c1-9-2-3-11(12(14)6-9)13(17)16-4-5-18-10(7-15)8-16/h2-3,6,10H,4-5,7-8H2,1H3. The molecule has 1 aliphatic heterocycles. The Bertz CT molecular complexity index is 453. The van der Waals surface area contributed by atoms with Crippen LogP contribution in [0.2, 0.25) is 0 Å². The molecule has 18 heavy (non-hydrogen) atoms. The second kappa shape index (κ2) is 6.04. The van der Waals surface area contributed by atoms with Crippen molar-refractivity contribution in [3.05, 3.63) is 33.8 Å². The molecule has 1 aromatic carbocycles. The molecule has 2 rings (SSSR count). The molecule has 98 valence electrons. The summed E-state index contributed by atoms with van der Waals surface area (Å²) in [5.41, 5.74) is 1.81. The first-order valence-corrected chi connectivity index (χ1v) is 7.17. The van der Waals surface area contributed by atoms with Gasteiger partial charge in [-0.15, -0.1) is 11.6 Å². The Hall–Kier alpha value is -0.580. The predicted molar refractivity (Wildman–Crippen MR) is 75.2 cm³/mol. The van der Waals surface area contributed by atoms with E-state index in [1.807, 2.05) is 25.1 Å². The van der Waals surface area contributed by atoms with Gasteiger partial charge in [0.15, 0.2) is 0 Å². The number of ether oxygens (including phenoxy) is 1. The third-order valence-corrected chi connectivity index (χ3v) is 3.95. The zero-order valence-electron chi connectivity index (χ0n) is 10.2. The van der Waals surface area contributed by atoms with Gasteiger partial charge in [0.2, 0.25) is 0 Å². The number of rotatable bonds is 2. The van der Waals surface area contributed by atoms with E-state index in [0.29, 0.717) is 31.1 Å². The number of halogens is 2. The van der Waals surface area contributed by atoms with Crippen molar-refractivity contribution in [3.63, 3.8) is 0 Å². The van der Waals surface area contributed by atoms with Gasteiger partial charge in [-0.1, -0.05) is 6.07 Å². The first kappa shape index (κ1) is 13.8. The molecule has 5 heteroatoms. The molecular weight excluding hydrogens is 318 g/mol. The summed E-state index contributed by atoms with van der Waals surface area (Å²) < 4.78 is 6.29. The summed E-state index contributed by atoms with van der Waals surface area (Å²) in [4.78, 5) is 14.2. The second-order valence-electron chi connectivity index (χ2n) is 4.38. The van der Waals surface area contributed by atoms with Gasteiger partial charge < -0.3 is 9.64 Å². The summed E-state index contributed by atoms with van der Waals surface area (Å²) in [6, 6.07) is 5.75. The molecule has 0 aliphatic carbocycles. The van der Waals surface area contributed by atoms with Crippen molar-refractivity contribution in [3.8, 4) is 0 Å². The number of alkyl halides is 1. The van der Waals surface area contributed by atoms with E-state index in [2.05, 4.69) is 15.9 Å². The Morgan fingerprint density at radius 2 is 2.39 bits per heavy atom. The molecule has 3 nitrogen and oxygen atoms in total. The van der Waals surface area contributed by atoms with Crippen molar-refractivity contribution in [2.45, 2.75) is 13.0 Å². The SMILES string of the molecule is Cc1ccc(C(=O)N2CCOC(CCl)C2)c(Br)c1. The van der Waals surface area contributed by atoms with Gasteiger partial charge in [0.1, 0.15) is 0 Å². The molecule has 1 heterocycles. The van der Waals surface area contributed by atoms with E-state index < -0.39 is 0 Å². The maximum absolute atomic E-state index is 12.4. The highest BCUT2D eigenvalue weighted by atomic mass is 79.9. The van der Waals surface area contributed by atoms with Gasteiger partial charge in [-0.3, -0.25) is 4.79 Å². The number of aryl methyl sites for hydroxylation is 1. The first-order valence-electron chi connectivity index (χ1n) is 5.85. The summed E-state index contributed by atoms with van der Waals surface area (Å²) in [5.74, 6) is 0.444. The molecule has 0 aromatic heterocycles. The van der Waals surface area contributed by atoms with Gasteiger partial charge in [0, 0.05) is 17.6 Å². The van der Waals surface area contributed by atoms with Crippen molar-refractivity contribution in [2.24, 2.45) is 0 Å². The van der Waals surface area contributed by atoms with E-state index in [1.165, 1.54) is 0 Å². The molecule has 0 saturated carbocycles. The average molecular weight is 333 g/mol. The van der Waals surface area contributed by atoms with Gasteiger partial charge in [-0.25, -0.2) is 0 Å². The van der Waals surface area contributed by atoms with Crippen LogP contribution in [0.5, 0.6) is 0 Å². The van der Waals surface area contributed by atoms with Crippen molar-refractivity contribution in [2.75, 3.05) is 25.6 Å². The van der Waals surface area contributed by atoms with Gasteiger partial charge >= 0.3 is 0 Å². The van der Waals surface area contributed by atoms with Crippen LogP contribution in [0.1, 0.15) is 15.9 Å². The summed E-state index contributed by atoms with van der Waals surface area (Å²) >= 11 is 9.22. The van der Waals surface area contributed by atoms with E-state index in [4.69, 9.17) is 16.3 Å². The van der Waals surface area contributed by atoms with E-state index in [1.54, 1.807) is 4.90 Å². The number of nitrogens with zero attached hydrogens (tertiary/aromatic N) is 1. The Labute approximate surface area is 120 Å². The zero-order chi connectivity index (χ0) is 13.1. The van der Waals surface area contributed by atoms with Gasteiger partial charge in [0.05, 0.1) is 24.2 Å². The predicted octanol–water partition coefficient (Wildman–Crippen LogP) is 2.84. The summed E-state index contributed by atoms with van der Waals surface area (Å²) in [6.45, 7) is 3.72. The molecule has 1 saturated heterocycles. The van der Waals surface area contributed by atoms with E-state index in [0.717, 1.165) is 10.0 Å². The topological polar surface area (TPSA) is 29.5 Å². The van der Waals surface area contributed by atoms with Crippen LogP contribution in [-0.2, 0) is 4.74 Å². The lowest BCUT2D eigenvalue weighted by atomic mass is 10.1. The van der Waals surface area contributed by atoms with Crippen LogP contribution >= 0.6 is 27.5 Å². The largest absolute Gasteiger partial charge is 0.373 e. The number of carbonyl (C=O) groups is 1. The highest BCUT2D eigenvalue weighted by molar-refractivity contribution is 9.10. The molecule has 1 aliphatic rings. The van der Waals surface area contributed by atoms with Crippen molar-refractivity contribution in [1.29, 1.82) is 0 Å². The Morgan fingerprint density at radius 1 is 1.61 bits per heavy atom. The number of amides is 1. The Kier molecular flexibility index (Phi) is 4.65. The third-order valence-electron chi connectivity index (χ3n) is 2.95. The quantitative estimate of drug-likeness (QED) is 0.780. The Morgan fingerprint density at radius 3 is 3.06 bits per heavy atom. The number of benzene rings is 1. The van der Waals surface area contributed by atoms with E-state index >= 15 is 0 Å². The van der Waals surface area contributed by atoms with Crippen LogP contribution in [0.25, 0.3) is 0 Å². The molecule has 0 bridgehead atoms. The van der Waals surface area contributed by atoms with Crippen LogP contribution < -0.4 is 0 Å². The molecule has 0 radical (unpaired) electrons. The summed E-state index contributed by atoms with van der Waals surface area (Å²) in [5, 5.41) is 0. The van der Waals surface area contributed by atoms with Crippen LogP contribution in [0.15, 0.2) is 22.7 Å². The van der Waals surface area contributed by atoms with Gasteiger partial charge in [0.25, 0.3) is 5.91 Å². The molecule has 1 unspecified atom stereocenters. The molecule has 0 spiro atoms. The molecule has 1 atom stereocenters. The molecular formula is C13H15BrClNO2.